The van der Waals surface area contributed by atoms with Gasteiger partial charge in [-0.15, -0.1) is 10.2 Å². The van der Waals surface area contributed by atoms with Crippen molar-refractivity contribution in [2.75, 3.05) is 26.4 Å². The summed E-state index contributed by atoms with van der Waals surface area (Å²) in [5, 5.41) is 10.4. The fourth-order valence-corrected chi connectivity index (χ4v) is 3.51. The lowest BCUT2D eigenvalue weighted by Crippen LogP contribution is -2.69. The zero-order chi connectivity index (χ0) is 16.6. The quantitative estimate of drug-likeness (QED) is 0.603. The van der Waals surface area contributed by atoms with Crippen LogP contribution in [0.5, 0.6) is 0 Å². The van der Waals surface area contributed by atoms with Crippen LogP contribution < -0.4 is 16.6 Å². The number of ether oxygens (including phenoxy) is 1. The largest absolute Gasteiger partial charge is 0.376 e. The molecular weight excluding hydrogens is 300 g/mol. The third-order valence-corrected chi connectivity index (χ3v) is 4.64. The molecule has 0 unspecified atom stereocenters. The molecule has 2 heterocycles. The highest BCUT2D eigenvalue weighted by Crippen LogP contribution is 2.41. The van der Waals surface area contributed by atoms with E-state index in [-0.39, 0.29) is 48.6 Å². The number of aromatic amines is 1. The summed E-state index contributed by atoms with van der Waals surface area (Å²) in [4.78, 5) is 28.3. The Morgan fingerprint density at radius 2 is 2.26 bits per heavy atom. The van der Waals surface area contributed by atoms with Crippen molar-refractivity contribution in [3.05, 3.63) is 16.0 Å². The molecule has 4 N–H and O–H groups in total. The van der Waals surface area contributed by atoms with Crippen molar-refractivity contribution in [3.8, 4) is 0 Å². The van der Waals surface area contributed by atoms with Gasteiger partial charge in [-0.25, -0.2) is 0 Å². The molecule has 1 saturated heterocycles. The summed E-state index contributed by atoms with van der Waals surface area (Å²) < 4.78 is 5.73. The molecular formula is C14H22N6O3. The van der Waals surface area contributed by atoms with Gasteiger partial charge < -0.3 is 20.7 Å². The molecule has 3 rings (SSSR count). The number of rotatable bonds is 5. The van der Waals surface area contributed by atoms with Crippen LogP contribution >= 0.6 is 0 Å². The summed E-state index contributed by atoms with van der Waals surface area (Å²) >= 11 is 0. The Morgan fingerprint density at radius 3 is 2.96 bits per heavy atom. The van der Waals surface area contributed by atoms with Crippen molar-refractivity contribution in [3.63, 3.8) is 0 Å². The highest BCUT2D eigenvalue weighted by atomic mass is 16.5. The predicted octanol–water partition coefficient (Wildman–Crippen LogP) is -1.49. The minimum Gasteiger partial charge on any atom is -0.376 e. The first-order chi connectivity index (χ1) is 11.0. The maximum Gasteiger partial charge on any atom is 0.274 e. The number of amides is 1. The molecule has 9 heteroatoms. The van der Waals surface area contributed by atoms with Crippen LogP contribution in [0.15, 0.2) is 4.79 Å². The summed E-state index contributed by atoms with van der Waals surface area (Å²) in [5.74, 6) is 0.259. The minimum atomic E-state index is -0.399. The van der Waals surface area contributed by atoms with E-state index in [0.717, 1.165) is 13.0 Å². The Kier molecular flexibility index (Phi) is 4.31. The van der Waals surface area contributed by atoms with E-state index in [0.29, 0.717) is 5.92 Å². The van der Waals surface area contributed by atoms with Crippen molar-refractivity contribution in [1.82, 2.24) is 25.4 Å². The fourth-order valence-electron chi connectivity index (χ4n) is 3.51. The third kappa shape index (κ3) is 3.06. The van der Waals surface area contributed by atoms with E-state index in [1.54, 1.807) is 0 Å². The Bertz CT molecular complexity index is 646. The van der Waals surface area contributed by atoms with Gasteiger partial charge in [0.05, 0.1) is 18.2 Å². The second kappa shape index (κ2) is 6.25. The Morgan fingerprint density at radius 1 is 1.48 bits per heavy atom. The molecule has 2 fully saturated rings. The Labute approximate surface area is 133 Å². The smallest absolute Gasteiger partial charge is 0.274 e. The Hall–Kier alpha value is -2.00. The molecule has 1 aliphatic carbocycles. The first-order valence-electron chi connectivity index (χ1n) is 7.76. The van der Waals surface area contributed by atoms with Crippen molar-refractivity contribution in [1.29, 1.82) is 0 Å². The number of aromatic nitrogens is 3. The molecule has 4 atom stereocenters. The number of H-pyrrole nitrogens is 1. The second-order valence-electron chi connectivity index (χ2n) is 6.32. The monoisotopic (exact) mass is 322 g/mol. The average Bonchev–Trinajstić information content (AvgIpc) is 2.87. The van der Waals surface area contributed by atoms with Crippen molar-refractivity contribution in [2.45, 2.75) is 37.5 Å². The van der Waals surface area contributed by atoms with Gasteiger partial charge in [-0.1, -0.05) is 0 Å². The van der Waals surface area contributed by atoms with E-state index >= 15 is 0 Å². The molecule has 0 aromatic carbocycles. The molecule has 126 valence electrons. The van der Waals surface area contributed by atoms with E-state index in [1.807, 2.05) is 14.1 Å². The maximum atomic E-state index is 12.2. The molecule has 0 bridgehead atoms. The number of nitrogen functional groups attached to an aromatic ring is 1. The van der Waals surface area contributed by atoms with E-state index in [4.69, 9.17) is 10.5 Å². The first kappa shape index (κ1) is 15.9. The van der Waals surface area contributed by atoms with Crippen LogP contribution in [0, 0.1) is 5.92 Å². The van der Waals surface area contributed by atoms with Gasteiger partial charge >= 0.3 is 0 Å². The molecule has 1 aromatic heterocycles. The first-order valence-corrected chi connectivity index (χ1v) is 7.76. The predicted molar refractivity (Wildman–Crippen MR) is 82.6 cm³/mol. The van der Waals surface area contributed by atoms with Crippen molar-refractivity contribution >= 4 is 11.9 Å². The van der Waals surface area contributed by atoms with Crippen LogP contribution in [0.1, 0.15) is 18.5 Å². The molecule has 2 aliphatic rings. The van der Waals surface area contributed by atoms with E-state index in [1.165, 1.54) is 0 Å². The highest BCUT2D eigenvalue weighted by Gasteiger charge is 2.55. The zero-order valence-corrected chi connectivity index (χ0v) is 13.3. The molecule has 1 amide bonds. The summed E-state index contributed by atoms with van der Waals surface area (Å²) in [7, 11) is 3.98. The number of fused-ring (bicyclic) bond motifs is 1. The summed E-state index contributed by atoms with van der Waals surface area (Å²) in [6.45, 7) is 0.752. The van der Waals surface area contributed by atoms with Crippen LogP contribution in [0.2, 0.25) is 0 Å². The van der Waals surface area contributed by atoms with Gasteiger partial charge in [0.25, 0.3) is 5.56 Å². The number of nitrogens with two attached hydrogens (primary N) is 1. The van der Waals surface area contributed by atoms with Crippen LogP contribution in [0.3, 0.4) is 0 Å². The van der Waals surface area contributed by atoms with Gasteiger partial charge in [0.15, 0.2) is 0 Å². The normalized spacial score (nSPS) is 29.2. The van der Waals surface area contributed by atoms with Gasteiger partial charge in [-0.2, -0.15) is 0 Å². The summed E-state index contributed by atoms with van der Waals surface area (Å²) in [6, 6.07) is 0.298. The number of anilines is 1. The van der Waals surface area contributed by atoms with E-state index in [2.05, 4.69) is 25.4 Å². The number of aryl methyl sites for hydroxylation is 1. The van der Waals surface area contributed by atoms with Crippen molar-refractivity contribution in [2.24, 2.45) is 5.92 Å². The van der Waals surface area contributed by atoms with Crippen LogP contribution in [-0.2, 0) is 16.0 Å². The molecule has 0 spiro atoms. The van der Waals surface area contributed by atoms with Crippen molar-refractivity contribution < 1.29 is 9.53 Å². The van der Waals surface area contributed by atoms with Gasteiger partial charge in [0.1, 0.15) is 5.69 Å². The molecule has 1 saturated carbocycles. The van der Waals surface area contributed by atoms with Gasteiger partial charge in [0, 0.05) is 25.4 Å². The molecule has 9 nitrogen and oxygen atoms in total. The third-order valence-electron chi connectivity index (χ3n) is 4.64. The van der Waals surface area contributed by atoms with Gasteiger partial charge in [0.2, 0.25) is 11.9 Å². The topological polar surface area (TPSA) is 126 Å². The Balaban J connectivity index is 1.56. The zero-order valence-electron chi connectivity index (χ0n) is 13.3. The average molecular weight is 322 g/mol. The maximum absolute atomic E-state index is 12.2. The van der Waals surface area contributed by atoms with Crippen LogP contribution in [-0.4, -0.2) is 64.9 Å². The SMILES string of the molecule is CN(C)[C@@H]1[C@@H](NC(=O)CCc2nnc(N)[nH]c2=O)[C@H]2CCO[C@H]21. The number of carbonyl (C=O) groups is 1. The lowest BCUT2D eigenvalue weighted by molar-refractivity contribution is -0.128. The van der Waals surface area contributed by atoms with Gasteiger partial charge in [-0.05, 0) is 20.5 Å². The van der Waals surface area contributed by atoms with E-state index < -0.39 is 5.56 Å². The lowest BCUT2D eigenvalue weighted by atomic mass is 9.71. The molecule has 1 aromatic rings. The number of carbonyl (C=O) groups excluding carboxylic acids is 1. The number of hydrogen-bond donors (Lipinski definition) is 3. The minimum absolute atomic E-state index is 0.0289. The number of hydrogen-bond acceptors (Lipinski definition) is 7. The highest BCUT2D eigenvalue weighted by molar-refractivity contribution is 5.76. The second-order valence-corrected chi connectivity index (χ2v) is 6.32. The lowest BCUT2D eigenvalue weighted by Gasteiger charge is -2.50. The fraction of sp³-hybridized carbons (Fsp3) is 0.714. The molecule has 23 heavy (non-hydrogen) atoms. The van der Waals surface area contributed by atoms with Crippen LogP contribution in [0.4, 0.5) is 5.95 Å². The van der Waals surface area contributed by atoms with Crippen LogP contribution in [0.25, 0.3) is 0 Å². The standard InChI is InChI=1S/C14H22N6O3/c1-20(2)11-10(7-5-6-23-12(7)11)16-9(21)4-3-8-13(22)17-14(15)19-18-8/h7,10-12H,3-6H2,1-2H3,(H,16,21)(H3,15,17,19,22)/t7-,10+,11-,12-/m1/s1. The number of nitrogens with zero attached hydrogens (tertiary/aromatic N) is 3. The summed E-state index contributed by atoms with van der Waals surface area (Å²) in [6.07, 6.45) is 1.61. The summed E-state index contributed by atoms with van der Waals surface area (Å²) in [5.41, 5.74) is 5.16. The van der Waals surface area contributed by atoms with Gasteiger partial charge in [-0.3, -0.25) is 14.6 Å². The van der Waals surface area contributed by atoms with E-state index in [9.17, 15) is 9.59 Å². The number of nitrogens with one attached hydrogen (secondary N) is 2. The molecule has 1 aliphatic heterocycles. The number of likely N-dealkylation sites (N-methyl/N-ethyl adjacent to an activating group) is 1. The molecule has 0 radical (unpaired) electrons.